The predicted octanol–water partition coefficient (Wildman–Crippen LogP) is 4.01. The van der Waals surface area contributed by atoms with Crippen LogP contribution in [0.15, 0.2) is 83.0 Å². The Hall–Kier alpha value is -4.46. The minimum atomic E-state index is -0.386. The minimum Gasteiger partial charge on any atom is -0.494 e. The molecule has 2 N–H and O–H groups in total. The van der Waals surface area contributed by atoms with Gasteiger partial charge < -0.3 is 9.47 Å². The van der Waals surface area contributed by atoms with Gasteiger partial charge in [-0.05, 0) is 97.8 Å². The van der Waals surface area contributed by atoms with Crippen LogP contribution in [0.25, 0.3) is 0 Å². The number of carbonyl (C=O) groups excluding carboxylic acids is 2. The molecule has 8 heteroatoms. The Balaban J connectivity index is 1.49. The van der Waals surface area contributed by atoms with Crippen molar-refractivity contribution in [1.29, 1.82) is 0 Å². The molecule has 0 saturated carbocycles. The van der Waals surface area contributed by atoms with Crippen molar-refractivity contribution in [2.24, 2.45) is 10.2 Å². The second-order valence-corrected chi connectivity index (χ2v) is 6.98. The SMILES string of the molecule is CCOc1ccc(C=NNC(=O)c2ccc(C(=O)NN=Cc3ccc(OCC)cc3)cc2)cc1. The zero-order chi connectivity index (χ0) is 24.2. The molecule has 0 heterocycles. The van der Waals surface area contributed by atoms with Crippen molar-refractivity contribution in [3.05, 3.63) is 95.1 Å². The van der Waals surface area contributed by atoms with Crippen LogP contribution in [0.1, 0.15) is 45.7 Å². The lowest BCUT2D eigenvalue weighted by molar-refractivity contribution is 0.0943. The van der Waals surface area contributed by atoms with Gasteiger partial charge in [-0.3, -0.25) is 9.59 Å². The van der Waals surface area contributed by atoms with Gasteiger partial charge in [-0.15, -0.1) is 0 Å². The lowest BCUT2D eigenvalue weighted by Crippen LogP contribution is -2.19. The number of hydrazone groups is 2. The molecule has 0 fully saturated rings. The Morgan fingerprint density at radius 3 is 1.32 bits per heavy atom. The van der Waals surface area contributed by atoms with Crippen molar-refractivity contribution in [1.82, 2.24) is 10.9 Å². The number of hydrogen-bond acceptors (Lipinski definition) is 6. The second-order valence-electron chi connectivity index (χ2n) is 6.98. The zero-order valence-electron chi connectivity index (χ0n) is 19.0. The van der Waals surface area contributed by atoms with Crippen LogP contribution in [0.2, 0.25) is 0 Å². The standard InChI is InChI=1S/C26H26N4O4/c1-3-33-23-13-5-19(6-14-23)17-27-29-25(31)21-9-11-22(12-10-21)26(32)30-28-18-20-7-15-24(16-8-20)34-4-2/h5-18H,3-4H2,1-2H3,(H,29,31)(H,30,32). The Bertz CT molecular complexity index is 1050. The van der Waals surface area contributed by atoms with E-state index in [2.05, 4.69) is 21.1 Å². The summed E-state index contributed by atoms with van der Waals surface area (Å²) >= 11 is 0. The molecule has 3 aromatic rings. The highest BCUT2D eigenvalue weighted by Gasteiger charge is 2.08. The average Bonchev–Trinajstić information content (AvgIpc) is 2.86. The van der Waals surface area contributed by atoms with Gasteiger partial charge in [-0.1, -0.05) is 0 Å². The number of ether oxygens (including phenoxy) is 2. The van der Waals surface area contributed by atoms with E-state index in [1.54, 1.807) is 24.3 Å². The van der Waals surface area contributed by atoms with Gasteiger partial charge in [0, 0.05) is 11.1 Å². The normalized spacial score (nSPS) is 10.9. The largest absolute Gasteiger partial charge is 0.494 e. The van der Waals surface area contributed by atoms with E-state index in [9.17, 15) is 9.59 Å². The van der Waals surface area contributed by atoms with Crippen LogP contribution in [-0.4, -0.2) is 37.5 Å². The van der Waals surface area contributed by atoms with E-state index in [1.165, 1.54) is 12.4 Å². The number of hydrogen-bond donors (Lipinski definition) is 2. The van der Waals surface area contributed by atoms with Crippen LogP contribution in [0.5, 0.6) is 11.5 Å². The third kappa shape index (κ3) is 7.30. The van der Waals surface area contributed by atoms with Gasteiger partial charge in [0.25, 0.3) is 11.8 Å². The first-order valence-corrected chi connectivity index (χ1v) is 10.8. The number of carbonyl (C=O) groups is 2. The molecular weight excluding hydrogens is 432 g/mol. The van der Waals surface area contributed by atoms with Crippen molar-refractivity contribution in [2.45, 2.75) is 13.8 Å². The molecule has 0 aromatic heterocycles. The predicted molar refractivity (Wildman–Crippen MR) is 132 cm³/mol. The van der Waals surface area contributed by atoms with Crippen molar-refractivity contribution in [2.75, 3.05) is 13.2 Å². The van der Waals surface area contributed by atoms with E-state index in [-0.39, 0.29) is 11.8 Å². The molecule has 0 aliphatic rings. The van der Waals surface area contributed by atoms with Crippen LogP contribution in [0, 0.1) is 0 Å². The van der Waals surface area contributed by atoms with Crippen LogP contribution >= 0.6 is 0 Å². The molecule has 0 saturated heterocycles. The number of benzene rings is 3. The van der Waals surface area contributed by atoms with Gasteiger partial charge in [0.15, 0.2) is 0 Å². The molecule has 0 aliphatic heterocycles. The van der Waals surface area contributed by atoms with E-state index in [4.69, 9.17) is 9.47 Å². The maximum absolute atomic E-state index is 12.3. The molecule has 3 rings (SSSR count). The summed E-state index contributed by atoms with van der Waals surface area (Å²) < 4.78 is 10.8. The van der Waals surface area contributed by atoms with Gasteiger partial charge >= 0.3 is 0 Å². The fraction of sp³-hybridized carbons (Fsp3) is 0.154. The Morgan fingerprint density at radius 2 is 1.00 bits per heavy atom. The molecule has 0 spiro atoms. The zero-order valence-corrected chi connectivity index (χ0v) is 19.0. The van der Waals surface area contributed by atoms with Crippen molar-refractivity contribution in [3.8, 4) is 11.5 Å². The Labute approximate surface area is 198 Å². The summed E-state index contributed by atoms with van der Waals surface area (Å²) in [5.41, 5.74) is 7.32. The molecule has 0 radical (unpaired) electrons. The summed E-state index contributed by atoms with van der Waals surface area (Å²) in [6, 6.07) is 20.9. The summed E-state index contributed by atoms with van der Waals surface area (Å²) in [5, 5.41) is 7.93. The summed E-state index contributed by atoms with van der Waals surface area (Å²) in [6.07, 6.45) is 3.08. The van der Waals surface area contributed by atoms with Gasteiger partial charge in [-0.2, -0.15) is 10.2 Å². The van der Waals surface area contributed by atoms with Gasteiger partial charge in [0.2, 0.25) is 0 Å². The highest BCUT2D eigenvalue weighted by Crippen LogP contribution is 2.12. The van der Waals surface area contributed by atoms with E-state index in [1.807, 2.05) is 62.4 Å². The van der Waals surface area contributed by atoms with Crippen LogP contribution in [-0.2, 0) is 0 Å². The van der Waals surface area contributed by atoms with E-state index in [0.29, 0.717) is 24.3 Å². The minimum absolute atomic E-state index is 0.373. The molecule has 0 bridgehead atoms. The average molecular weight is 459 g/mol. The first kappa shape index (κ1) is 24.2. The fourth-order valence-corrected chi connectivity index (χ4v) is 2.87. The lowest BCUT2D eigenvalue weighted by Gasteiger charge is -2.04. The van der Waals surface area contributed by atoms with Gasteiger partial charge in [0.1, 0.15) is 11.5 Å². The molecular formula is C26H26N4O4. The first-order valence-electron chi connectivity index (χ1n) is 10.8. The van der Waals surface area contributed by atoms with Crippen molar-refractivity contribution in [3.63, 3.8) is 0 Å². The molecule has 0 unspecified atom stereocenters. The maximum atomic E-state index is 12.3. The molecule has 2 amide bonds. The highest BCUT2D eigenvalue weighted by molar-refractivity contribution is 5.98. The number of rotatable bonds is 10. The van der Waals surface area contributed by atoms with Crippen LogP contribution in [0.3, 0.4) is 0 Å². The topological polar surface area (TPSA) is 101 Å². The monoisotopic (exact) mass is 458 g/mol. The van der Waals surface area contributed by atoms with Crippen LogP contribution in [0.4, 0.5) is 0 Å². The summed E-state index contributed by atoms with van der Waals surface area (Å²) in [4.78, 5) is 24.5. The Kier molecular flexibility index (Phi) is 8.92. The summed E-state index contributed by atoms with van der Waals surface area (Å²) in [5.74, 6) is 0.773. The number of nitrogens with one attached hydrogen (secondary N) is 2. The molecule has 34 heavy (non-hydrogen) atoms. The van der Waals surface area contributed by atoms with Crippen LogP contribution < -0.4 is 20.3 Å². The van der Waals surface area contributed by atoms with Gasteiger partial charge in [-0.25, -0.2) is 10.9 Å². The third-order valence-corrected chi connectivity index (χ3v) is 4.55. The molecule has 0 atom stereocenters. The smallest absolute Gasteiger partial charge is 0.271 e. The first-order chi connectivity index (χ1) is 16.6. The van der Waals surface area contributed by atoms with Gasteiger partial charge in [0.05, 0.1) is 25.6 Å². The van der Waals surface area contributed by atoms with E-state index >= 15 is 0 Å². The quantitative estimate of drug-likeness (QED) is 0.354. The maximum Gasteiger partial charge on any atom is 0.271 e. The molecule has 0 aliphatic carbocycles. The Morgan fingerprint density at radius 1 is 0.647 bits per heavy atom. The fourth-order valence-electron chi connectivity index (χ4n) is 2.87. The van der Waals surface area contributed by atoms with Crippen molar-refractivity contribution < 1.29 is 19.1 Å². The number of nitrogens with zero attached hydrogens (tertiary/aromatic N) is 2. The molecule has 3 aromatic carbocycles. The van der Waals surface area contributed by atoms with E-state index < -0.39 is 0 Å². The molecule has 174 valence electrons. The summed E-state index contributed by atoms with van der Waals surface area (Å²) in [6.45, 7) is 5.03. The third-order valence-electron chi connectivity index (χ3n) is 4.55. The lowest BCUT2D eigenvalue weighted by atomic mass is 10.1. The number of amides is 2. The highest BCUT2D eigenvalue weighted by atomic mass is 16.5. The van der Waals surface area contributed by atoms with E-state index in [0.717, 1.165) is 22.6 Å². The van der Waals surface area contributed by atoms with Crippen molar-refractivity contribution >= 4 is 24.2 Å². The summed E-state index contributed by atoms with van der Waals surface area (Å²) in [7, 11) is 0. The second kappa shape index (κ2) is 12.5. The molecule has 8 nitrogen and oxygen atoms in total.